The zero-order valence-corrected chi connectivity index (χ0v) is 21.1. The highest BCUT2D eigenvalue weighted by Gasteiger charge is 2.54. The van der Waals surface area contributed by atoms with Crippen LogP contribution in [0.2, 0.25) is 0 Å². The summed E-state index contributed by atoms with van der Waals surface area (Å²) in [6.45, 7) is 7.53. The van der Waals surface area contributed by atoms with E-state index in [4.69, 9.17) is 4.74 Å². The van der Waals surface area contributed by atoms with Gasteiger partial charge in [-0.25, -0.2) is 18.1 Å². The first kappa shape index (κ1) is 23.5. The summed E-state index contributed by atoms with van der Waals surface area (Å²) >= 11 is 0. The van der Waals surface area contributed by atoms with Crippen molar-refractivity contribution < 1.29 is 17.9 Å². The first-order valence-corrected chi connectivity index (χ1v) is 13.5. The molecule has 2 aliphatic rings. The van der Waals surface area contributed by atoms with Gasteiger partial charge in [-0.05, 0) is 76.8 Å². The summed E-state index contributed by atoms with van der Waals surface area (Å²) in [5, 5.41) is 0.477. The number of pyridine rings is 2. The third kappa shape index (κ3) is 4.45. The molecule has 0 spiro atoms. The molecule has 2 aromatic heterocycles. The van der Waals surface area contributed by atoms with Gasteiger partial charge in [0.1, 0.15) is 0 Å². The lowest BCUT2D eigenvalue weighted by Gasteiger charge is -2.24. The van der Waals surface area contributed by atoms with Gasteiger partial charge in [-0.15, -0.1) is 0 Å². The first-order chi connectivity index (χ1) is 16.7. The van der Waals surface area contributed by atoms with Crippen molar-refractivity contribution in [3.63, 3.8) is 0 Å². The summed E-state index contributed by atoms with van der Waals surface area (Å²) in [4.78, 5) is 24.8. The van der Waals surface area contributed by atoms with Crippen LogP contribution < -0.4 is 14.4 Å². The average molecular weight is 495 g/mol. The Morgan fingerprint density at radius 2 is 1.89 bits per heavy atom. The molecular weight excluding hydrogens is 464 g/mol. The lowest BCUT2D eigenvalue weighted by atomic mass is 9.95. The van der Waals surface area contributed by atoms with Crippen molar-refractivity contribution in [1.82, 2.24) is 14.7 Å². The fourth-order valence-electron chi connectivity index (χ4n) is 4.73. The second kappa shape index (κ2) is 8.78. The van der Waals surface area contributed by atoms with Crippen LogP contribution in [0.1, 0.15) is 50.8 Å². The van der Waals surface area contributed by atoms with Crippen LogP contribution in [0.25, 0.3) is 10.9 Å². The summed E-state index contributed by atoms with van der Waals surface area (Å²) in [6.07, 6.45) is 4.94. The molecule has 0 radical (unpaired) electrons. The van der Waals surface area contributed by atoms with Gasteiger partial charge in [-0.2, -0.15) is 0 Å². The second-order valence-electron chi connectivity index (χ2n) is 9.70. The lowest BCUT2D eigenvalue weighted by molar-refractivity contribution is -0.121. The molecule has 0 unspecified atom stereocenters. The number of fused-ring (bicyclic) bond motifs is 1. The highest BCUT2D eigenvalue weighted by molar-refractivity contribution is 7.90. The van der Waals surface area contributed by atoms with Crippen LogP contribution in [0, 0.1) is 6.92 Å². The monoisotopic (exact) mass is 494 g/mol. The Kier molecular flexibility index (Phi) is 5.91. The van der Waals surface area contributed by atoms with Crippen molar-refractivity contribution in [2.24, 2.45) is 0 Å². The van der Waals surface area contributed by atoms with E-state index < -0.39 is 21.3 Å². The molecule has 2 fully saturated rings. The molecule has 5 rings (SSSR count). The predicted molar refractivity (Wildman–Crippen MR) is 134 cm³/mol. The minimum absolute atomic E-state index is 0.0363. The molecular formula is C26H30N4O4S. The van der Waals surface area contributed by atoms with Gasteiger partial charge in [0, 0.05) is 29.7 Å². The van der Waals surface area contributed by atoms with Crippen LogP contribution in [0.15, 0.2) is 47.5 Å². The molecule has 1 saturated heterocycles. The van der Waals surface area contributed by atoms with Crippen molar-refractivity contribution >= 4 is 32.5 Å². The van der Waals surface area contributed by atoms with Gasteiger partial charge < -0.3 is 9.64 Å². The number of aryl methyl sites for hydroxylation is 1. The smallest absolute Gasteiger partial charge is 0.264 e. The molecule has 3 aromatic rings. The number of ether oxygens (including phenoxy) is 1. The highest BCUT2D eigenvalue weighted by Crippen LogP contribution is 2.52. The maximum absolute atomic E-state index is 13.6. The van der Waals surface area contributed by atoms with Crippen molar-refractivity contribution in [2.75, 3.05) is 18.0 Å². The minimum Gasteiger partial charge on any atom is -0.475 e. The van der Waals surface area contributed by atoms with E-state index in [1.54, 1.807) is 30.5 Å². The second-order valence-corrected chi connectivity index (χ2v) is 11.4. The zero-order chi connectivity index (χ0) is 24.8. The van der Waals surface area contributed by atoms with E-state index in [1.165, 1.54) is 6.07 Å². The minimum atomic E-state index is -4.12. The molecule has 3 heterocycles. The number of hydrogen-bond acceptors (Lipinski definition) is 7. The van der Waals surface area contributed by atoms with E-state index >= 15 is 0 Å². The molecule has 184 valence electrons. The number of rotatable bonds is 7. The molecule has 1 saturated carbocycles. The van der Waals surface area contributed by atoms with Crippen molar-refractivity contribution in [2.45, 2.75) is 62.9 Å². The number of carbonyl (C=O) groups is 1. The van der Waals surface area contributed by atoms with Crippen molar-refractivity contribution in [3.05, 3.63) is 53.9 Å². The van der Waals surface area contributed by atoms with Gasteiger partial charge in [0.05, 0.1) is 33.8 Å². The molecule has 1 amide bonds. The third-order valence-electron chi connectivity index (χ3n) is 6.70. The van der Waals surface area contributed by atoms with E-state index in [9.17, 15) is 13.2 Å². The fraction of sp³-hybridized carbons (Fsp3) is 0.423. The van der Waals surface area contributed by atoms with E-state index in [0.29, 0.717) is 35.2 Å². The number of nitrogens with zero attached hydrogens (tertiary/aromatic N) is 3. The first-order valence-electron chi connectivity index (χ1n) is 12.1. The number of nitrogens with one attached hydrogen (secondary N) is 1. The fourth-order valence-corrected chi connectivity index (χ4v) is 6.00. The Balaban J connectivity index is 1.50. The van der Waals surface area contributed by atoms with Crippen LogP contribution in [0.3, 0.4) is 0 Å². The van der Waals surface area contributed by atoms with Gasteiger partial charge >= 0.3 is 0 Å². The largest absolute Gasteiger partial charge is 0.475 e. The van der Waals surface area contributed by atoms with Crippen LogP contribution in [0.4, 0.5) is 5.69 Å². The Labute approximate surface area is 205 Å². The molecule has 0 bridgehead atoms. The van der Waals surface area contributed by atoms with Crippen LogP contribution in [-0.2, 0) is 20.2 Å². The number of amides is 1. The summed E-state index contributed by atoms with van der Waals surface area (Å²) in [5.41, 5.74) is 1.96. The number of benzene rings is 1. The van der Waals surface area contributed by atoms with Gasteiger partial charge in [-0.3, -0.25) is 9.78 Å². The van der Waals surface area contributed by atoms with Gasteiger partial charge in [0.15, 0.2) is 0 Å². The van der Waals surface area contributed by atoms with Crippen molar-refractivity contribution in [3.8, 4) is 5.88 Å². The topological polar surface area (TPSA) is 101 Å². The summed E-state index contributed by atoms with van der Waals surface area (Å²) in [7, 11) is -4.12. The normalized spacial score (nSPS) is 17.1. The molecule has 0 atom stereocenters. The molecule has 9 heteroatoms. The molecule has 1 aliphatic carbocycles. The molecule has 35 heavy (non-hydrogen) atoms. The van der Waals surface area contributed by atoms with Crippen LogP contribution in [-0.4, -0.2) is 43.5 Å². The van der Waals surface area contributed by atoms with Crippen LogP contribution in [0.5, 0.6) is 5.88 Å². The average Bonchev–Trinajstić information content (AvgIpc) is 3.44. The predicted octanol–water partition coefficient (Wildman–Crippen LogP) is 3.86. The van der Waals surface area contributed by atoms with E-state index in [0.717, 1.165) is 37.3 Å². The van der Waals surface area contributed by atoms with Crippen LogP contribution >= 0.6 is 0 Å². The number of sulfonamides is 1. The number of anilines is 1. The number of carbonyl (C=O) groups excluding carboxylic acids is 1. The Bertz CT molecular complexity index is 1390. The van der Waals surface area contributed by atoms with E-state index in [-0.39, 0.29) is 11.0 Å². The summed E-state index contributed by atoms with van der Waals surface area (Å²) < 4.78 is 35.1. The quantitative estimate of drug-likeness (QED) is 0.532. The van der Waals surface area contributed by atoms with Crippen molar-refractivity contribution in [1.29, 1.82) is 0 Å². The Morgan fingerprint density at radius 3 is 2.57 bits per heavy atom. The summed E-state index contributed by atoms with van der Waals surface area (Å²) in [6, 6.07) is 10.3. The zero-order valence-electron chi connectivity index (χ0n) is 20.2. The van der Waals surface area contributed by atoms with Gasteiger partial charge in [0.2, 0.25) is 11.8 Å². The molecule has 1 aromatic carbocycles. The third-order valence-corrected chi connectivity index (χ3v) is 8.09. The number of hydrogen-bond donors (Lipinski definition) is 1. The summed E-state index contributed by atoms with van der Waals surface area (Å²) in [5.74, 6) is -0.165. The van der Waals surface area contributed by atoms with Gasteiger partial charge in [0.25, 0.3) is 10.0 Å². The molecule has 1 N–H and O–H groups in total. The van der Waals surface area contributed by atoms with E-state index in [1.807, 2.05) is 26.8 Å². The number of aromatic nitrogens is 2. The lowest BCUT2D eigenvalue weighted by Crippen LogP contribution is -2.39. The SMILES string of the molecule is Cc1ccc2c(S(=O)(=O)NC(=O)C3(c4cc(N5CCCC5)cnc4OC(C)C)CC3)cccc2n1. The Hall–Kier alpha value is -3.20. The molecule has 8 nitrogen and oxygen atoms in total. The molecule has 1 aliphatic heterocycles. The standard InChI is InChI=1S/C26H30N4O4S/c1-17(2)34-24-21(15-19(16-27-24)30-13-4-5-14-30)26(11-12-26)25(31)29-35(32,33)23-8-6-7-22-20(23)10-9-18(3)28-22/h6-10,15-17H,4-5,11-14H2,1-3H3,(H,29,31). The van der Waals surface area contributed by atoms with E-state index in [2.05, 4.69) is 19.6 Å². The van der Waals surface area contributed by atoms with Gasteiger partial charge in [-0.1, -0.05) is 6.07 Å². The maximum Gasteiger partial charge on any atom is 0.264 e. The maximum atomic E-state index is 13.6. The highest BCUT2D eigenvalue weighted by atomic mass is 32.2. The Morgan fingerprint density at radius 1 is 1.14 bits per heavy atom.